The molecule has 0 aliphatic heterocycles. The summed E-state index contributed by atoms with van der Waals surface area (Å²) >= 11 is 0. The number of carbonyl (C=O) groups is 2. The summed E-state index contributed by atoms with van der Waals surface area (Å²) in [5.74, 6) is -1.12. The third-order valence-corrected chi connectivity index (χ3v) is 3.50. The van der Waals surface area contributed by atoms with E-state index in [0.717, 1.165) is 6.54 Å². The van der Waals surface area contributed by atoms with Crippen LogP contribution in [0.15, 0.2) is 12.4 Å². The highest BCUT2D eigenvalue weighted by molar-refractivity contribution is 5.83. The largest absolute Gasteiger partial charge is 0.479 e. The Morgan fingerprint density at radius 1 is 1.57 bits per heavy atom. The number of carboxylic acids is 1. The molecule has 8 nitrogen and oxygen atoms in total. The van der Waals surface area contributed by atoms with Crippen LogP contribution in [0.4, 0.5) is 4.79 Å². The van der Waals surface area contributed by atoms with Gasteiger partial charge in [-0.3, -0.25) is 4.68 Å². The van der Waals surface area contributed by atoms with Crippen LogP contribution in [0.1, 0.15) is 24.4 Å². The Labute approximate surface area is 123 Å². The molecule has 8 heteroatoms. The minimum atomic E-state index is -1.12. The van der Waals surface area contributed by atoms with Gasteiger partial charge in [-0.05, 0) is 19.9 Å². The fourth-order valence-electron chi connectivity index (χ4n) is 2.10. The highest BCUT2D eigenvalue weighted by Gasteiger charge is 2.26. The minimum absolute atomic E-state index is 0.440. The van der Waals surface area contributed by atoms with Crippen molar-refractivity contribution in [2.75, 3.05) is 20.1 Å². The average molecular weight is 295 g/mol. The van der Waals surface area contributed by atoms with E-state index < -0.39 is 18.0 Å². The van der Waals surface area contributed by atoms with Crippen molar-refractivity contribution in [3.63, 3.8) is 0 Å². The van der Waals surface area contributed by atoms with E-state index in [1.54, 1.807) is 13.2 Å². The van der Waals surface area contributed by atoms with Crippen LogP contribution in [0, 0.1) is 0 Å². The van der Waals surface area contributed by atoms with Crippen LogP contribution in [-0.4, -0.2) is 58.0 Å². The molecule has 1 saturated carbocycles. The average Bonchev–Trinajstić information content (AvgIpc) is 3.18. The topological polar surface area (TPSA) is 99.5 Å². The number of nitrogens with zero attached hydrogens (tertiary/aromatic N) is 3. The van der Waals surface area contributed by atoms with Gasteiger partial charge in [0.15, 0.2) is 6.04 Å². The van der Waals surface area contributed by atoms with E-state index >= 15 is 0 Å². The Kier molecular flexibility index (Phi) is 4.79. The number of aryl methyl sites for hydroxylation is 1. The van der Waals surface area contributed by atoms with Gasteiger partial charge in [0.25, 0.3) is 0 Å². The van der Waals surface area contributed by atoms with Crippen LogP contribution in [0.3, 0.4) is 0 Å². The van der Waals surface area contributed by atoms with Crippen molar-refractivity contribution < 1.29 is 14.7 Å². The predicted molar refractivity (Wildman–Crippen MR) is 75.8 cm³/mol. The lowest BCUT2D eigenvalue weighted by atomic mass is 10.1. The molecular weight excluding hydrogens is 274 g/mol. The maximum absolute atomic E-state index is 11.8. The first kappa shape index (κ1) is 15.3. The highest BCUT2D eigenvalue weighted by Crippen LogP contribution is 2.24. The summed E-state index contributed by atoms with van der Waals surface area (Å²) in [5, 5.41) is 18.2. The summed E-state index contributed by atoms with van der Waals surface area (Å²) in [6, 6.07) is -0.952. The number of aromatic nitrogens is 2. The fourth-order valence-corrected chi connectivity index (χ4v) is 2.10. The number of likely N-dealkylation sites (N-methyl/N-ethyl adjacent to an activating group) is 1. The normalized spacial score (nSPS) is 15.8. The number of hydrogen-bond donors (Lipinski definition) is 3. The van der Waals surface area contributed by atoms with E-state index in [4.69, 9.17) is 0 Å². The first-order chi connectivity index (χ1) is 9.97. The Morgan fingerprint density at radius 2 is 2.29 bits per heavy atom. The lowest BCUT2D eigenvalue weighted by molar-refractivity contribution is -0.139. The van der Waals surface area contributed by atoms with Crippen LogP contribution >= 0.6 is 0 Å². The van der Waals surface area contributed by atoms with Crippen LogP contribution in [0.25, 0.3) is 0 Å². The molecule has 1 aliphatic carbocycles. The smallest absolute Gasteiger partial charge is 0.331 e. The molecule has 1 aromatic rings. The summed E-state index contributed by atoms with van der Waals surface area (Å²) in [7, 11) is 3.71. The lowest BCUT2D eigenvalue weighted by Crippen LogP contribution is -2.43. The first-order valence-electron chi connectivity index (χ1n) is 6.93. The molecule has 3 N–H and O–H groups in total. The van der Waals surface area contributed by atoms with Crippen molar-refractivity contribution in [2.45, 2.75) is 24.9 Å². The molecule has 2 rings (SSSR count). The molecule has 1 aromatic heterocycles. The zero-order chi connectivity index (χ0) is 15.4. The number of carbonyl (C=O) groups excluding carboxylic acids is 1. The molecule has 0 saturated heterocycles. The van der Waals surface area contributed by atoms with Crippen molar-refractivity contribution in [3.8, 4) is 0 Å². The van der Waals surface area contributed by atoms with Gasteiger partial charge in [-0.15, -0.1) is 0 Å². The van der Waals surface area contributed by atoms with Crippen molar-refractivity contribution in [3.05, 3.63) is 18.0 Å². The number of amides is 2. The van der Waals surface area contributed by atoms with Crippen molar-refractivity contribution in [1.29, 1.82) is 0 Å². The van der Waals surface area contributed by atoms with Gasteiger partial charge in [0.05, 0.1) is 6.20 Å². The monoisotopic (exact) mass is 295 g/mol. The molecule has 21 heavy (non-hydrogen) atoms. The van der Waals surface area contributed by atoms with E-state index in [2.05, 4.69) is 20.6 Å². The second-order valence-electron chi connectivity index (χ2n) is 5.33. The van der Waals surface area contributed by atoms with Gasteiger partial charge in [-0.25, -0.2) is 9.59 Å². The SMILES string of the molecule is CN(CCNC(=O)NC(C(=O)O)c1cnn(C)c1)C1CC1. The molecule has 0 aromatic carbocycles. The molecule has 1 aliphatic rings. The Bertz CT molecular complexity index is 512. The van der Waals surface area contributed by atoms with Crippen molar-refractivity contribution >= 4 is 12.0 Å². The van der Waals surface area contributed by atoms with Crippen LogP contribution < -0.4 is 10.6 Å². The van der Waals surface area contributed by atoms with Crippen molar-refractivity contribution in [1.82, 2.24) is 25.3 Å². The van der Waals surface area contributed by atoms with Crippen LogP contribution in [0.5, 0.6) is 0 Å². The maximum atomic E-state index is 11.8. The van der Waals surface area contributed by atoms with Gasteiger partial charge < -0.3 is 20.6 Å². The number of nitrogens with one attached hydrogen (secondary N) is 2. The molecule has 0 spiro atoms. The third kappa shape index (κ3) is 4.45. The predicted octanol–water partition coefficient (Wildman–Crippen LogP) is -0.0608. The number of urea groups is 1. The number of hydrogen-bond acceptors (Lipinski definition) is 4. The van der Waals surface area contributed by atoms with E-state index in [1.807, 2.05) is 7.05 Å². The van der Waals surface area contributed by atoms with Crippen LogP contribution in [0.2, 0.25) is 0 Å². The van der Waals surface area contributed by atoms with Crippen LogP contribution in [-0.2, 0) is 11.8 Å². The van der Waals surface area contributed by atoms with Gasteiger partial charge in [-0.2, -0.15) is 5.10 Å². The molecule has 1 fully saturated rings. The zero-order valence-corrected chi connectivity index (χ0v) is 12.2. The second-order valence-corrected chi connectivity index (χ2v) is 5.33. The molecule has 0 radical (unpaired) electrons. The number of rotatable bonds is 7. The van der Waals surface area contributed by atoms with E-state index in [1.165, 1.54) is 23.7 Å². The molecule has 2 amide bonds. The molecule has 1 atom stereocenters. The van der Waals surface area contributed by atoms with E-state index in [0.29, 0.717) is 18.2 Å². The standard InChI is InChI=1S/C13H21N5O3/c1-17(10-3-4-10)6-5-14-13(21)16-11(12(19)20)9-7-15-18(2)8-9/h7-8,10-11H,3-6H2,1-2H3,(H,19,20)(H2,14,16,21). The number of carboxylic acid groups (broad SMARTS) is 1. The maximum Gasteiger partial charge on any atom is 0.331 e. The van der Waals surface area contributed by atoms with Gasteiger partial charge in [-0.1, -0.05) is 0 Å². The van der Waals surface area contributed by atoms with Gasteiger partial charge in [0.1, 0.15) is 0 Å². The third-order valence-electron chi connectivity index (χ3n) is 3.50. The van der Waals surface area contributed by atoms with E-state index in [9.17, 15) is 14.7 Å². The fraction of sp³-hybridized carbons (Fsp3) is 0.615. The highest BCUT2D eigenvalue weighted by atomic mass is 16.4. The quantitative estimate of drug-likeness (QED) is 0.654. The Balaban J connectivity index is 1.79. The Morgan fingerprint density at radius 3 is 2.81 bits per heavy atom. The second kappa shape index (κ2) is 6.57. The zero-order valence-electron chi connectivity index (χ0n) is 12.2. The Hall–Kier alpha value is -2.09. The minimum Gasteiger partial charge on any atom is -0.479 e. The van der Waals surface area contributed by atoms with Crippen molar-refractivity contribution in [2.24, 2.45) is 7.05 Å². The molecular formula is C13H21N5O3. The molecule has 1 heterocycles. The molecule has 116 valence electrons. The summed E-state index contributed by atoms with van der Waals surface area (Å²) in [6.07, 6.45) is 5.43. The molecule has 1 unspecified atom stereocenters. The first-order valence-corrected chi connectivity index (χ1v) is 6.93. The molecule has 0 bridgehead atoms. The summed E-state index contributed by atoms with van der Waals surface area (Å²) in [6.45, 7) is 1.24. The van der Waals surface area contributed by atoms with Gasteiger partial charge in [0.2, 0.25) is 0 Å². The summed E-state index contributed by atoms with van der Waals surface area (Å²) in [5.41, 5.74) is 0.440. The summed E-state index contributed by atoms with van der Waals surface area (Å²) < 4.78 is 1.50. The number of aliphatic carboxylic acids is 1. The van der Waals surface area contributed by atoms with Gasteiger partial charge >= 0.3 is 12.0 Å². The lowest BCUT2D eigenvalue weighted by Gasteiger charge is -2.17. The van der Waals surface area contributed by atoms with Gasteiger partial charge in [0, 0.05) is 37.9 Å². The summed E-state index contributed by atoms with van der Waals surface area (Å²) in [4.78, 5) is 25.2. The van der Waals surface area contributed by atoms with E-state index in [-0.39, 0.29) is 0 Å².